The smallest absolute Gasteiger partial charge is 0.338 e. The van der Waals surface area contributed by atoms with Crippen molar-refractivity contribution in [1.82, 2.24) is 20.0 Å². The van der Waals surface area contributed by atoms with Crippen LogP contribution in [-0.4, -0.2) is 79.0 Å². The number of hydrogen-bond donors (Lipinski definition) is 1. The highest BCUT2D eigenvalue weighted by Crippen LogP contribution is 2.32. The molecule has 186 valence electrons. The molecule has 1 unspecified atom stereocenters. The van der Waals surface area contributed by atoms with Gasteiger partial charge in [-0.25, -0.2) is 9.59 Å². The molecule has 2 aliphatic rings. The number of nitrogens with zero attached hydrogens (tertiary/aromatic N) is 3. The first-order chi connectivity index (χ1) is 16.2. The van der Waals surface area contributed by atoms with Crippen molar-refractivity contribution < 1.29 is 19.1 Å². The van der Waals surface area contributed by atoms with Gasteiger partial charge in [-0.15, -0.1) is 0 Å². The fraction of sp³-hybridized carbons (Fsp3) is 0.577. The Morgan fingerprint density at radius 3 is 2.62 bits per heavy atom. The first-order valence-electron chi connectivity index (χ1n) is 12.2. The van der Waals surface area contributed by atoms with Crippen LogP contribution in [0.15, 0.2) is 35.5 Å². The maximum atomic E-state index is 13.2. The zero-order valence-electron chi connectivity index (χ0n) is 21.1. The molecule has 1 aromatic rings. The van der Waals surface area contributed by atoms with E-state index in [2.05, 4.69) is 24.1 Å². The lowest BCUT2D eigenvalue weighted by atomic mass is 9.93. The lowest BCUT2D eigenvalue weighted by Gasteiger charge is -2.36. The molecule has 2 aliphatic heterocycles. The molecule has 0 radical (unpaired) electrons. The highest BCUT2D eigenvalue weighted by molar-refractivity contribution is 5.95. The van der Waals surface area contributed by atoms with Gasteiger partial charge >= 0.3 is 12.0 Å². The molecule has 1 N–H and O–H groups in total. The summed E-state index contributed by atoms with van der Waals surface area (Å²) >= 11 is 0. The maximum absolute atomic E-state index is 13.2. The number of carbonyl (C=O) groups excluding carboxylic acids is 3. The zero-order chi connectivity index (χ0) is 24.8. The van der Waals surface area contributed by atoms with E-state index in [1.54, 1.807) is 14.0 Å². The molecule has 1 fully saturated rings. The van der Waals surface area contributed by atoms with Crippen LogP contribution >= 0.6 is 0 Å². The van der Waals surface area contributed by atoms with Crippen LogP contribution in [0.5, 0.6) is 0 Å². The Morgan fingerprint density at radius 1 is 1.18 bits per heavy atom. The number of aryl methyl sites for hydroxylation is 1. The first-order valence-corrected chi connectivity index (χ1v) is 12.2. The number of nitrogens with one attached hydrogen (secondary N) is 1. The maximum Gasteiger partial charge on any atom is 0.338 e. The topological polar surface area (TPSA) is 82.2 Å². The predicted molar refractivity (Wildman–Crippen MR) is 131 cm³/mol. The third-order valence-electron chi connectivity index (χ3n) is 6.35. The zero-order valence-corrected chi connectivity index (χ0v) is 21.1. The number of carbonyl (C=O) groups is 3. The normalized spacial score (nSPS) is 19.8. The summed E-state index contributed by atoms with van der Waals surface area (Å²) < 4.78 is 5.43. The minimum Gasteiger partial charge on any atom is -0.463 e. The van der Waals surface area contributed by atoms with E-state index in [0.29, 0.717) is 43.2 Å². The number of amides is 3. The van der Waals surface area contributed by atoms with Crippen molar-refractivity contribution in [2.75, 3.05) is 46.4 Å². The Bertz CT molecular complexity index is 942. The molecule has 0 aromatic heterocycles. The number of likely N-dealkylation sites (N-methyl/N-ethyl adjacent to an activating group) is 1. The van der Waals surface area contributed by atoms with Crippen molar-refractivity contribution in [3.63, 3.8) is 0 Å². The quantitative estimate of drug-likeness (QED) is 0.620. The Hall–Kier alpha value is -2.87. The van der Waals surface area contributed by atoms with Gasteiger partial charge in [0.1, 0.15) is 0 Å². The molecule has 0 saturated carbocycles. The summed E-state index contributed by atoms with van der Waals surface area (Å²) in [6, 6.07) is 6.99. The molecule has 8 heteroatoms. The second-order valence-electron chi connectivity index (χ2n) is 9.54. The van der Waals surface area contributed by atoms with Crippen molar-refractivity contribution in [2.24, 2.45) is 5.92 Å². The number of hydrogen-bond acceptors (Lipinski definition) is 5. The number of esters is 1. The van der Waals surface area contributed by atoms with Crippen LogP contribution < -0.4 is 5.32 Å². The average molecular weight is 471 g/mol. The second kappa shape index (κ2) is 11.5. The summed E-state index contributed by atoms with van der Waals surface area (Å²) in [5.41, 5.74) is 3.01. The van der Waals surface area contributed by atoms with Crippen LogP contribution in [0.2, 0.25) is 0 Å². The monoisotopic (exact) mass is 470 g/mol. The Balaban J connectivity index is 1.90. The van der Waals surface area contributed by atoms with Crippen LogP contribution in [0.4, 0.5) is 4.79 Å². The van der Waals surface area contributed by atoms with Gasteiger partial charge in [-0.3, -0.25) is 14.6 Å². The van der Waals surface area contributed by atoms with E-state index in [1.165, 1.54) is 4.90 Å². The first kappa shape index (κ1) is 25.7. The van der Waals surface area contributed by atoms with Crippen LogP contribution in [0, 0.1) is 12.8 Å². The molecule has 0 spiro atoms. The molecule has 2 heterocycles. The SMILES string of the molecule is CCOC(=O)C1=C(CN2CCCN(C(=O)CC(C)C)CC2)N(C)C(=O)NC1c1cccc(C)c1. The van der Waals surface area contributed by atoms with Gasteiger partial charge in [-0.05, 0) is 31.7 Å². The molecular weight excluding hydrogens is 432 g/mol. The third kappa shape index (κ3) is 6.17. The molecule has 34 heavy (non-hydrogen) atoms. The third-order valence-corrected chi connectivity index (χ3v) is 6.35. The van der Waals surface area contributed by atoms with Crippen LogP contribution in [-0.2, 0) is 14.3 Å². The molecule has 1 saturated heterocycles. The van der Waals surface area contributed by atoms with Gasteiger partial charge in [0.2, 0.25) is 5.91 Å². The van der Waals surface area contributed by atoms with E-state index in [0.717, 1.165) is 30.6 Å². The van der Waals surface area contributed by atoms with Gasteiger partial charge in [0.05, 0.1) is 18.2 Å². The van der Waals surface area contributed by atoms with Gasteiger partial charge in [-0.2, -0.15) is 0 Å². The highest BCUT2D eigenvalue weighted by atomic mass is 16.5. The fourth-order valence-electron chi connectivity index (χ4n) is 4.57. The largest absolute Gasteiger partial charge is 0.463 e. The van der Waals surface area contributed by atoms with E-state index in [-0.39, 0.29) is 18.5 Å². The van der Waals surface area contributed by atoms with Gasteiger partial charge in [-0.1, -0.05) is 43.7 Å². The summed E-state index contributed by atoms with van der Waals surface area (Å²) in [6.45, 7) is 11.4. The predicted octanol–water partition coefficient (Wildman–Crippen LogP) is 3.09. The Morgan fingerprint density at radius 2 is 1.94 bits per heavy atom. The van der Waals surface area contributed by atoms with Crippen molar-refractivity contribution in [1.29, 1.82) is 0 Å². The summed E-state index contributed by atoms with van der Waals surface area (Å²) in [5.74, 6) is 0.105. The van der Waals surface area contributed by atoms with Crippen molar-refractivity contribution in [2.45, 2.75) is 46.6 Å². The van der Waals surface area contributed by atoms with Crippen molar-refractivity contribution in [3.8, 4) is 0 Å². The van der Waals surface area contributed by atoms with Gasteiger partial charge in [0.15, 0.2) is 0 Å². The molecule has 1 atom stereocenters. The summed E-state index contributed by atoms with van der Waals surface area (Å²) in [5, 5.41) is 2.98. The Kier molecular flexibility index (Phi) is 8.72. The standard InChI is InChI=1S/C26H38N4O4/c1-6-34-25(32)23-21(17-29-11-8-12-30(14-13-29)22(31)15-18(2)3)28(5)26(33)27-24(23)20-10-7-9-19(4)16-20/h7,9-10,16,18,24H,6,8,11-15,17H2,1-5H3,(H,27,33). The summed E-state index contributed by atoms with van der Waals surface area (Å²) in [4.78, 5) is 44.3. The van der Waals surface area contributed by atoms with Crippen LogP contribution in [0.25, 0.3) is 0 Å². The molecule has 0 bridgehead atoms. The summed E-state index contributed by atoms with van der Waals surface area (Å²) in [7, 11) is 1.69. The average Bonchev–Trinajstić information content (AvgIpc) is 3.02. The molecular formula is C26H38N4O4. The molecule has 3 rings (SSSR count). The number of rotatable bonds is 7. The van der Waals surface area contributed by atoms with E-state index >= 15 is 0 Å². The minimum atomic E-state index is -0.575. The highest BCUT2D eigenvalue weighted by Gasteiger charge is 2.37. The lowest BCUT2D eigenvalue weighted by molar-refractivity contribution is -0.139. The van der Waals surface area contributed by atoms with E-state index in [4.69, 9.17) is 4.74 Å². The molecule has 8 nitrogen and oxygen atoms in total. The minimum absolute atomic E-state index is 0.192. The van der Waals surface area contributed by atoms with Gasteiger partial charge in [0, 0.05) is 51.9 Å². The fourth-order valence-corrected chi connectivity index (χ4v) is 4.57. The molecule has 1 aromatic carbocycles. The lowest BCUT2D eigenvalue weighted by Crippen LogP contribution is -2.49. The van der Waals surface area contributed by atoms with Gasteiger partial charge in [0.25, 0.3) is 0 Å². The second-order valence-corrected chi connectivity index (χ2v) is 9.54. The van der Waals surface area contributed by atoms with Crippen molar-refractivity contribution >= 4 is 17.9 Å². The van der Waals surface area contributed by atoms with Crippen molar-refractivity contribution in [3.05, 3.63) is 46.7 Å². The molecule has 0 aliphatic carbocycles. The van der Waals surface area contributed by atoms with Crippen LogP contribution in [0.1, 0.15) is 50.8 Å². The van der Waals surface area contributed by atoms with E-state index in [1.807, 2.05) is 36.1 Å². The van der Waals surface area contributed by atoms with Crippen LogP contribution in [0.3, 0.4) is 0 Å². The summed E-state index contributed by atoms with van der Waals surface area (Å²) in [6.07, 6.45) is 1.41. The number of ether oxygens (including phenoxy) is 1. The number of urea groups is 1. The van der Waals surface area contributed by atoms with Gasteiger partial charge < -0.3 is 15.0 Å². The molecule has 3 amide bonds. The number of benzene rings is 1. The Labute approximate surface area is 202 Å². The van der Waals surface area contributed by atoms with E-state index < -0.39 is 12.0 Å². The van der Waals surface area contributed by atoms with E-state index in [9.17, 15) is 14.4 Å².